The summed E-state index contributed by atoms with van der Waals surface area (Å²) in [5, 5.41) is 4.94. The second-order valence-corrected chi connectivity index (χ2v) is 2.20. The van der Waals surface area contributed by atoms with E-state index in [2.05, 4.69) is 15.4 Å². The van der Waals surface area contributed by atoms with Crippen LogP contribution >= 0.6 is 0 Å². The predicted molar refractivity (Wildman–Crippen MR) is 36.7 cm³/mol. The van der Waals surface area contributed by atoms with E-state index in [-0.39, 0.29) is 5.91 Å². The average molecular weight is 158 g/mol. The largest absolute Gasteiger partial charge is 0.424 e. The second-order valence-electron chi connectivity index (χ2n) is 2.20. The van der Waals surface area contributed by atoms with E-state index in [0.29, 0.717) is 13.0 Å². The van der Waals surface area contributed by atoms with Crippen LogP contribution in [-0.2, 0) is 9.53 Å². The van der Waals surface area contributed by atoms with Gasteiger partial charge >= 0.3 is 6.09 Å². The van der Waals surface area contributed by atoms with Crippen molar-refractivity contribution in [2.45, 2.75) is 19.6 Å². The number of cyclic esters (lactones) is 1. The third-order valence-corrected chi connectivity index (χ3v) is 1.32. The molecular formula is C6H10N2O3. The maximum absolute atomic E-state index is 10.7. The molecule has 1 unspecified atom stereocenters. The Morgan fingerprint density at radius 2 is 2.64 bits per heavy atom. The van der Waals surface area contributed by atoms with E-state index in [1.54, 1.807) is 6.92 Å². The van der Waals surface area contributed by atoms with E-state index in [4.69, 9.17) is 0 Å². The predicted octanol–water partition coefficient (Wildman–Crippen LogP) is -0.422. The van der Waals surface area contributed by atoms with Crippen LogP contribution in [0.2, 0.25) is 0 Å². The first-order chi connectivity index (χ1) is 5.22. The third kappa shape index (κ3) is 2.10. The Bertz CT molecular complexity index is 181. The summed E-state index contributed by atoms with van der Waals surface area (Å²) >= 11 is 0. The molecule has 0 spiro atoms. The van der Waals surface area contributed by atoms with Gasteiger partial charge in [0.05, 0.1) is 6.54 Å². The maximum Gasteiger partial charge on any atom is 0.409 e. The summed E-state index contributed by atoms with van der Waals surface area (Å²) in [7, 11) is 0. The van der Waals surface area contributed by atoms with E-state index in [1.807, 2.05) is 0 Å². The molecule has 0 saturated carbocycles. The van der Waals surface area contributed by atoms with Gasteiger partial charge < -0.3 is 15.4 Å². The molecule has 0 aliphatic carbocycles. The number of carbonyl (C=O) groups is 2. The normalized spacial score (nSPS) is 22.3. The van der Waals surface area contributed by atoms with Crippen molar-refractivity contribution in [3.63, 3.8) is 0 Å². The molecule has 1 heterocycles. The van der Waals surface area contributed by atoms with Gasteiger partial charge in [-0.05, 0) is 0 Å². The van der Waals surface area contributed by atoms with Gasteiger partial charge in [0.1, 0.15) is 0 Å². The Hall–Kier alpha value is -1.26. The number of hydrogen-bond donors (Lipinski definition) is 2. The smallest absolute Gasteiger partial charge is 0.409 e. The molecule has 1 saturated heterocycles. The average Bonchev–Trinajstić information content (AvgIpc) is 2.35. The molecule has 11 heavy (non-hydrogen) atoms. The first-order valence-electron chi connectivity index (χ1n) is 3.46. The highest BCUT2D eigenvalue weighted by atomic mass is 16.6. The summed E-state index contributed by atoms with van der Waals surface area (Å²) in [5.74, 6) is -0.119. The minimum absolute atomic E-state index is 0.119. The Kier molecular flexibility index (Phi) is 2.30. The van der Waals surface area contributed by atoms with E-state index in [0.717, 1.165) is 0 Å². The molecule has 5 heteroatoms. The van der Waals surface area contributed by atoms with Crippen molar-refractivity contribution in [2.24, 2.45) is 0 Å². The van der Waals surface area contributed by atoms with Crippen molar-refractivity contribution in [3.05, 3.63) is 0 Å². The number of amides is 2. The fourth-order valence-electron chi connectivity index (χ4n) is 0.751. The lowest BCUT2D eigenvalue weighted by Crippen LogP contribution is -2.36. The topological polar surface area (TPSA) is 67.4 Å². The second kappa shape index (κ2) is 3.23. The highest BCUT2D eigenvalue weighted by Crippen LogP contribution is 1.95. The Morgan fingerprint density at radius 1 is 1.91 bits per heavy atom. The van der Waals surface area contributed by atoms with Gasteiger partial charge in [0.2, 0.25) is 5.91 Å². The highest BCUT2D eigenvalue weighted by Gasteiger charge is 2.22. The summed E-state index contributed by atoms with van der Waals surface area (Å²) in [6.45, 7) is 2.09. The molecule has 0 aromatic carbocycles. The lowest BCUT2D eigenvalue weighted by Gasteiger charge is -2.07. The van der Waals surface area contributed by atoms with Crippen LogP contribution in [0.15, 0.2) is 0 Å². The summed E-state index contributed by atoms with van der Waals surface area (Å²) in [5.41, 5.74) is 0. The zero-order valence-corrected chi connectivity index (χ0v) is 6.22. The van der Waals surface area contributed by atoms with Gasteiger partial charge in [0, 0.05) is 6.42 Å². The molecule has 1 fully saturated rings. The first-order valence-corrected chi connectivity index (χ1v) is 3.46. The fourth-order valence-corrected chi connectivity index (χ4v) is 0.751. The molecule has 0 aromatic heterocycles. The quantitative estimate of drug-likeness (QED) is 0.573. The molecule has 1 aliphatic heterocycles. The van der Waals surface area contributed by atoms with Crippen LogP contribution in [-0.4, -0.2) is 24.8 Å². The lowest BCUT2D eigenvalue weighted by atomic mass is 10.4. The van der Waals surface area contributed by atoms with Crippen LogP contribution in [0.1, 0.15) is 13.3 Å². The van der Waals surface area contributed by atoms with Crippen LogP contribution in [0.5, 0.6) is 0 Å². The summed E-state index contributed by atoms with van der Waals surface area (Å²) in [4.78, 5) is 21.2. The maximum atomic E-state index is 10.7. The van der Waals surface area contributed by atoms with E-state index < -0.39 is 12.3 Å². The molecule has 1 aliphatic rings. The van der Waals surface area contributed by atoms with Crippen LogP contribution in [0.4, 0.5) is 4.79 Å². The van der Waals surface area contributed by atoms with Crippen molar-refractivity contribution < 1.29 is 14.3 Å². The minimum Gasteiger partial charge on any atom is -0.424 e. The number of nitrogens with one attached hydrogen (secondary N) is 2. The molecular weight excluding hydrogens is 148 g/mol. The third-order valence-electron chi connectivity index (χ3n) is 1.32. The van der Waals surface area contributed by atoms with E-state index in [1.165, 1.54) is 0 Å². The zero-order chi connectivity index (χ0) is 8.27. The standard InChI is InChI=1S/C6H10N2O3/c1-2-4(9)8-5-3-7-6(10)11-5/h5H,2-3H2,1H3,(H,7,10)(H,8,9). The number of rotatable bonds is 2. The fraction of sp³-hybridized carbons (Fsp3) is 0.667. The monoisotopic (exact) mass is 158 g/mol. The van der Waals surface area contributed by atoms with Crippen molar-refractivity contribution in [2.75, 3.05) is 6.54 Å². The van der Waals surface area contributed by atoms with Gasteiger partial charge in [-0.1, -0.05) is 6.92 Å². The summed E-state index contributed by atoms with van der Waals surface area (Å²) < 4.78 is 4.65. The van der Waals surface area contributed by atoms with Crippen molar-refractivity contribution in [1.29, 1.82) is 0 Å². The molecule has 1 atom stereocenters. The zero-order valence-electron chi connectivity index (χ0n) is 6.22. The van der Waals surface area contributed by atoms with Gasteiger partial charge in [-0.2, -0.15) is 0 Å². The Balaban J connectivity index is 2.28. The molecule has 1 rings (SSSR count). The van der Waals surface area contributed by atoms with Crippen LogP contribution in [0, 0.1) is 0 Å². The lowest BCUT2D eigenvalue weighted by molar-refractivity contribution is -0.123. The molecule has 5 nitrogen and oxygen atoms in total. The van der Waals surface area contributed by atoms with Gasteiger partial charge in [-0.25, -0.2) is 4.79 Å². The first kappa shape index (κ1) is 7.84. The Labute approximate surface area is 64.1 Å². The van der Waals surface area contributed by atoms with Crippen molar-refractivity contribution in [1.82, 2.24) is 10.6 Å². The molecule has 2 N–H and O–H groups in total. The number of hydrogen-bond acceptors (Lipinski definition) is 3. The number of ether oxygens (including phenoxy) is 1. The molecule has 62 valence electrons. The van der Waals surface area contributed by atoms with Gasteiger partial charge in [-0.15, -0.1) is 0 Å². The molecule has 0 radical (unpaired) electrons. The molecule has 0 bridgehead atoms. The van der Waals surface area contributed by atoms with E-state index >= 15 is 0 Å². The van der Waals surface area contributed by atoms with Crippen molar-refractivity contribution >= 4 is 12.0 Å². The number of alkyl carbamates (subject to hydrolysis) is 1. The summed E-state index contributed by atoms with van der Waals surface area (Å²) in [6.07, 6.45) is -0.574. The molecule has 2 amide bonds. The Morgan fingerprint density at radius 3 is 3.09 bits per heavy atom. The minimum atomic E-state index is -0.491. The highest BCUT2D eigenvalue weighted by molar-refractivity contribution is 5.77. The van der Waals surface area contributed by atoms with E-state index in [9.17, 15) is 9.59 Å². The van der Waals surface area contributed by atoms with Gasteiger partial charge in [-0.3, -0.25) is 4.79 Å². The number of carbonyl (C=O) groups excluding carboxylic acids is 2. The molecule has 0 aromatic rings. The van der Waals surface area contributed by atoms with Crippen LogP contribution in [0.25, 0.3) is 0 Å². The van der Waals surface area contributed by atoms with Gasteiger partial charge in [0.25, 0.3) is 0 Å². The van der Waals surface area contributed by atoms with Crippen molar-refractivity contribution in [3.8, 4) is 0 Å². The summed E-state index contributed by atoms with van der Waals surface area (Å²) in [6, 6.07) is 0. The van der Waals surface area contributed by atoms with Gasteiger partial charge in [0.15, 0.2) is 6.23 Å². The van der Waals surface area contributed by atoms with Crippen LogP contribution in [0.3, 0.4) is 0 Å². The van der Waals surface area contributed by atoms with Crippen LogP contribution < -0.4 is 10.6 Å². The SMILES string of the molecule is CCC(=O)NC1CNC(=O)O1.